The lowest BCUT2D eigenvalue weighted by Crippen LogP contribution is -2.15. The third-order valence-electron chi connectivity index (χ3n) is 3.71. The number of aromatic nitrogens is 1. The molecule has 0 aliphatic carbocycles. The normalized spacial score (nSPS) is 10.3. The van der Waals surface area contributed by atoms with E-state index in [4.69, 9.17) is 0 Å². The third-order valence-corrected chi connectivity index (χ3v) is 4.62. The highest BCUT2D eigenvalue weighted by Crippen LogP contribution is 2.25. The summed E-state index contributed by atoms with van der Waals surface area (Å²) in [5.41, 5.74) is 2.69. The van der Waals surface area contributed by atoms with Gasteiger partial charge in [0, 0.05) is 16.9 Å². The summed E-state index contributed by atoms with van der Waals surface area (Å²) in [4.78, 5) is 29.3. The summed E-state index contributed by atoms with van der Waals surface area (Å²) < 4.78 is 0. The fraction of sp³-hybridized carbons (Fsp3) is 0.105. The molecule has 6 heteroatoms. The van der Waals surface area contributed by atoms with Crippen LogP contribution in [-0.2, 0) is 0 Å². The molecule has 25 heavy (non-hydrogen) atoms. The average Bonchev–Trinajstić information content (AvgIpc) is 3.05. The first-order valence-corrected chi connectivity index (χ1v) is 8.56. The van der Waals surface area contributed by atoms with Crippen LogP contribution >= 0.6 is 11.3 Å². The summed E-state index contributed by atoms with van der Waals surface area (Å²) >= 11 is 1.34. The first kappa shape index (κ1) is 16.9. The number of nitrogens with zero attached hydrogens (tertiary/aromatic N) is 1. The van der Waals surface area contributed by atoms with E-state index in [9.17, 15) is 9.59 Å². The van der Waals surface area contributed by atoms with E-state index in [1.165, 1.54) is 11.3 Å². The molecule has 3 rings (SSSR count). The molecule has 0 saturated heterocycles. The van der Waals surface area contributed by atoms with Gasteiger partial charge in [0.1, 0.15) is 4.88 Å². The molecule has 5 nitrogen and oxygen atoms in total. The van der Waals surface area contributed by atoms with Crippen molar-refractivity contribution in [1.29, 1.82) is 0 Å². The SMILES string of the molecule is Cc1ncc(C(=O)Nc2cccc(NC(=O)c3ccccc3)c2C)s1. The minimum absolute atomic E-state index is 0.190. The van der Waals surface area contributed by atoms with Crippen LogP contribution in [0.5, 0.6) is 0 Å². The molecule has 1 aromatic heterocycles. The summed E-state index contributed by atoms with van der Waals surface area (Å²) in [6.07, 6.45) is 1.56. The zero-order valence-electron chi connectivity index (χ0n) is 13.9. The van der Waals surface area contributed by atoms with Gasteiger partial charge < -0.3 is 10.6 Å². The Balaban J connectivity index is 1.78. The Labute approximate surface area is 149 Å². The highest BCUT2D eigenvalue weighted by Gasteiger charge is 2.13. The van der Waals surface area contributed by atoms with E-state index < -0.39 is 0 Å². The second-order valence-electron chi connectivity index (χ2n) is 5.50. The molecule has 3 aromatic rings. The number of thiazole rings is 1. The van der Waals surface area contributed by atoms with Gasteiger partial charge in [-0.05, 0) is 43.7 Å². The van der Waals surface area contributed by atoms with E-state index in [0.29, 0.717) is 21.8 Å². The van der Waals surface area contributed by atoms with E-state index >= 15 is 0 Å². The Morgan fingerprint density at radius 3 is 2.12 bits per heavy atom. The van der Waals surface area contributed by atoms with Gasteiger partial charge in [0.25, 0.3) is 11.8 Å². The number of carbonyl (C=O) groups is 2. The molecule has 0 fully saturated rings. The topological polar surface area (TPSA) is 71.1 Å². The Morgan fingerprint density at radius 2 is 1.52 bits per heavy atom. The smallest absolute Gasteiger partial charge is 0.267 e. The molecule has 0 aliphatic rings. The molecule has 0 spiro atoms. The lowest BCUT2D eigenvalue weighted by atomic mass is 10.1. The van der Waals surface area contributed by atoms with Crippen LogP contribution in [0.4, 0.5) is 11.4 Å². The van der Waals surface area contributed by atoms with Gasteiger partial charge in [0.15, 0.2) is 0 Å². The standard InChI is InChI=1S/C19H17N3O2S/c1-12-15(21-18(23)14-7-4-3-5-8-14)9-6-10-16(12)22-19(24)17-11-20-13(2)25-17/h3-11H,1-2H3,(H,21,23)(H,22,24). The highest BCUT2D eigenvalue weighted by molar-refractivity contribution is 7.13. The fourth-order valence-corrected chi connectivity index (χ4v) is 3.01. The number of benzene rings is 2. The van der Waals surface area contributed by atoms with Crippen LogP contribution in [0, 0.1) is 13.8 Å². The summed E-state index contributed by atoms with van der Waals surface area (Å²) in [6, 6.07) is 14.4. The zero-order valence-corrected chi connectivity index (χ0v) is 14.7. The van der Waals surface area contributed by atoms with Crippen LogP contribution in [-0.4, -0.2) is 16.8 Å². The van der Waals surface area contributed by atoms with Crippen molar-refractivity contribution in [3.63, 3.8) is 0 Å². The Hall–Kier alpha value is -2.99. The first-order valence-electron chi connectivity index (χ1n) is 7.74. The molecule has 0 aliphatic heterocycles. The number of rotatable bonds is 4. The van der Waals surface area contributed by atoms with Crippen LogP contribution in [0.2, 0.25) is 0 Å². The number of anilines is 2. The number of hydrogen-bond acceptors (Lipinski definition) is 4. The monoisotopic (exact) mass is 351 g/mol. The molecule has 2 aromatic carbocycles. The van der Waals surface area contributed by atoms with Gasteiger partial charge in [0.2, 0.25) is 0 Å². The van der Waals surface area contributed by atoms with Crippen molar-refractivity contribution in [3.05, 3.63) is 75.7 Å². The van der Waals surface area contributed by atoms with E-state index in [2.05, 4.69) is 15.6 Å². The molecule has 2 amide bonds. The number of nitrogens with one attached hydrogen (secondary N) is 2. The van der Waals surface area contributed by atoms with Crippen molar-refractivity contribution >= 4 is 34.5 Å². The van der Waals surface area contributed by atoms with Crippen molar-refractivity contribution in [2.45, 2.75) is 13.8 Å². The lowest BCUT2D eigenvalue weighted by Gasteiger charge is -2.13. The maximum absolute atomic E-state index is 12.3. The van der Waals surface area contributed by atoms with Crippen LogP contribution in [0.3, 0.4) is 0 Å². The van der Waals surface area contributed by atoms with Crippen molar-refractivity contribution in [2.24, 2.45) is 0 Å². The molecule has 0 bridgehead atoms. The van der Waals surface area contributed by atoms with Gasteiger partial charge >= 0.3 is 0 Å². The van der Waals surface area contributed by atoms with Crippen LogP contribution < -0.4 is 10.6 Å². The van der Waals surface area contributed by atoms with E-state index in [-0.39, 0.29) is 11.8 Å². The van der Waals surface area contributed by atoms with Crippen molar-refractivity contribution < 1.29 is 9.59 Å². The molecule has 0 saturated carbocycles. The molecule has 0 atom stereocenters. The Bertz CT molecular complexity index is 919. The van der Waals surface area contributed by atoms with Crippen LogP contribution in [0.15, 0.2) is 54.7 Å². The average molecular weight is 351 g/mol. The molecule has 0 radical (unpaired) electrons. The predicted octanol–water partition coefficient (Wildman–Crippen LogP) is 4.26. The number of carbonyl (C=O) groups excluding carboxylic acids is 2. The summed E-state index contributed by atoms with van der Waals surface area (Å²) in [7, 11) is 0. The van der Waals surface area contributed by atoms with E-state index in [1.54, 1.807) is 30.5 Å². The lowest BCUT2D eigenvalue weighted by molar-refractivity contribution is 0.102. The summed E-state index contributed by atoms with van der Waals surface area (Å²) in [5, 5.41) is 6.60. The second-order valence-corrected chi connectivity index (χ2v) is 6.73. The molecule has 2 N–H and O–H groups in total. The van der Waals surface area contributed by atoms with Gasteiger partial charge in [-0.15, -0.1) is 11.3 Å². The maximum atomic E-state index is 12.3. The molecular weight excluding hydrogens is 334 g/mol. The third kappa shape index (κ3) is 3.92. The molecule has 126 valence electrons. The second kappa shape index (κ2) is 7.27. The fourth-order valence-electron chi connectivity index (χ4n) is 2.34. The maximum Gasteiger partial charge on any atom is 0.267 e. The summed E-state index contributed by atoms with van der Waals surface area (Å²) in [6.45, 7) is 3.71. The Kier molecular flexibility index (Phi) is 4.90. The van der Waals surface area contributed by atoms with Gasteiger partial charge in [0.05, 0.1) is 11.2 Å². The van der Waals surface area contributed by atoms with Gasteiger partial charge in [-0.3, -0.25) is 9.59 Å². The minimum Gasteiger partial charge on any atom is -0.322 e. The van der Waals surface area contributed by atoms with Gasteiger partial charge in [-0.25, -0.2) is 4.98 Å². The van der Waals surface area contributed by atoms with Crippen molar-refractivity contribution in [1.82, 2.24) is 4.98 Å². The van der Waals surface area contributed by atoms with E-state index in [0.717, 1.165) is 10.6 Å². The van der Waals surface area contributed by atoms with Gasteiger partial charge in [-0.2, -0.15) is 0 Å². The first-order chi connectivity index (χ1) is 12.0. The number of aryl methyl sites for hydroxylation is 1. The predicted molar refractivity (Wildman–Crippen MR) is 100 cm³/mol. The molecule has 0 unspecified atom stereocenters. The molecular formula is C19H17N3O2S. The zero-order chi connectivity index (χ0) is 17.8. The Morgan fingerprint density at radius 1 is 0.880 bits per heavy atom. The number of hydrogen-bond donors (Lipinski definition) is 2. The van der Waals surface area contributed by atoms with Crippen LogP contribution in [0.1, 0.15) is 30.6 Å². The van der Waals surface area contributed by atoms with Crippen LogP contribution in [0.25, 0.3) is 0 Å². The largest absolute Gasteiger partial charge is 0.322 e. The molecule has 1 heterocycles. The quantitative estimate of drug-likeness (QED) is 0.737. The highest BCUT2D eigenvalue weighted by atomic mass is 32.1. The van der Waals surface area contributed by atoms with Gasteiger partial charge in [-0.1, -0.05) is 24.3 Å². The summed E-state index contributed by atoms with van der Waals surface area (Å²) in [5.74, 6) is -0.398. The van der Waals surface area contributed by atoms with E-state index in [1.807, 2.05) is 38.1 Å². The van der Waals surface area contributed by atoms with Crippen molar-refractivity contribution in [2.75, 3.05) is 10.6 Å². The van der Waals surface area contributed by atoms with Crippen molar-refractivity contribution in [3.8, 4) is 0 Å². The minimum atomic E-state index is -0.208. The number of amides is 2.